The van der Waals surface area contributed by atoms with Crippen molar-refractivity contribution in [1.82, 2.24) is 14.1 Å². The predicted molar refractivity (Wildman–Crippen MR) is 118 cm³/mol. The maximum atomic E-state index is 12.4. The van der Waals surface area contributed by atoms with Gasteiger partial charge in [0.1, 0.15) is 0 Å². The van der Waals surface area contributed by atoms with Crippen molar-refractivity contribution < 1.29 is 13.2 Å². The second-order valence-electron chi connectivity index (χ2n) is 6.97. The van der Waals surface area contributed by atoms with Crippen molar-refractivity contribution in [2.45, 2.75) is 18.7 Å². The maximum Gasteiger partial charge on any atom is 0.248 e. The molecular weight excluding hydrogens is 400 g/mol. The number of nitrogens with one attached hydrogen (secondary N) is 1. The van der Waals surface area contributed by atoms with Crippen LogP contribution in [0.1, 0.15) is 17.0 Å². The van der Waals surface area contributed by atoms with E-state index in [-0.39, 0.29) is 10.8 Å². The maximum absolute atomic E-state index is 12.4. The number of amides is 1. The molecule has 0 radical (unpaired) electrons. The Kier molecular flexibility index (Phi) is 6.19. The van der Waals surface area contributed by atoms with Crippen LogP contribution < -0.4 is 5.32 Å². The highest BCUT2D eigenvalue weighted by Crippen LogP contribution is 2.20. The van der Waals surface area contributed by atoms with Crippen LogP contribution >= 0.6 is 0 Å². The third-order valence-electron chi connectivity index (χ3n) is 4.63. The minimum absolute atomic E-state index is 0.116. The molecule has 0 bridgehead atoms. The Morgan fingerprint density at radius 2 is 1.77 bits per heavy atom. The Bertz CT molecular complexity index is 1200. The lowest BCUT2D eigenvalue weighted by molar-refractivity contribution is -0.111. The monoisotopic (exact) mass is 424 g/mol. The summed E-state index contributed by atoms with van der Waals surface area (Å²) in [6.45, 7) is 3.83. The van der Waals surface area contributed by atoms with Crippen molar-refractivity contribution in [3.63, 3.8) is 0 Å². The van der Waals surface area contributed by atoms with Crippen molar-refractivity contribution in [3.05, 3.63) is 77.6 Å². The molecule has 1 heterocycles. The molecule has 156 valence electrons. The topological polar surface area (TPSA) is 84.3 Å². The Hall–Kier alpha value is -3.23. The smallest absolute Gasteiger partial charge is 0.248 e. The molecule has 0 atom stereocenters. The molecule has 7 nitrogen and oxygen atoms in total. The lowest BCUT2D eigenvalue weighted by Gasteiger charge is -2.12. The van der Waals surface area contributed by atoms with Crippen LogP contribution in [0.4, 0.5) is 5.69 Å². The zero-order valence-electron chi connectivity index (χ0n) is 17.3. The molecule has 0 saturated carbocycles. The van der Waals surface area contributed by atoms with Gasteiger partial charge in [-0.25, -0.2) is 17.4 Å². The van der Waals surface area contributed by atoms with Crippen molar-refractivity contribution in [2.24, 2.45) is 0 Å². The summed E-state index contributed by atoms with van der Waals surface area (Å²) in [6.07, 6.45) is 3.13. The number of benzene rings is 2. The minimum Gasteiger partial charge on any atom is -0.322 e. The fourth-order valence-corrected chi connectivity index (χ4v) is 3.95. The first-order chi connectivity index (χ1) is 14.2. The molecule has 3 rings (SSSR count). The third-order valence-corrected chi connectivity index (χ3v) is 6.44. The molecule has 30 heavy (non-hydrogen) atoms. The molecule has 0 unspecified atom stereocenters. The van der Waals surface area contributed by atoms with Gasteiger partial charge in [0, 0.05) is 37.1 Å². The van der Waals surface area contributed by atoms with Gasteiger partial charge in [-0.15, -0.1) is 0 Å². The molecule has 0 aliphatic rings. The number of anilines is 1. The van der Waals surface area contributed by atoms with Crippen LogP contribution in [0, 0.1) is 13.8 Å². The largest absolute Gasteiger partial charge is 0.322 e. The highest BCUT2D eigenvalue weighted by atomic mass is 32.2. The van der Waals surface area contributed by atoms with Gasteiger partial charge < -0.3 is 5.32 Å². The van der Waals surface area contributed by atoms with Gasteiger partial charge in [0.15, 0.2) is 0 Å². The van der Waals surface area contributed by atoms with E-state index in [9.17, 15) is 13.2 Å². The molecule has 0 saturated heterocycles. The molecule has 3 aromatic rings. The van der Waals surface area contributed by atoms with Gasteiger partial charge in [0.25, 0.3) is 0 Å². The summed E-state index contributed by atoms with van der Waals surface area (Å²) in [5.41, 5.74) is 3.93. The van der Waals surface area contributed by atoms with Gasteiger partial charge in [0.2, 0.25) is 15.9 Å². The van der Waals surface area contributed by atoms with Crippen LogP contribution in [-0.4, -0.2) is 42.5 Å². The lowest BCUT2D eigenvalue weighted by atomic mass is 10.2. The molecule has 1 amide bonds. The average molecular weight is 425 g/mol. The van der Waals surface area contributed by atoms with E-state index in [1.165, 1.54) is 32.3 Å². The molecule has 8 heteroatoms. The standard InChI is InChI=1S/C22H24N4O3S/c1-16-21(17(2)26(24-16)19-10-6-5-7-11-19)13-14-22(27)23-18-9-8-12-20(15-18)30(28,29)25(3)4/h5-15H,1-4H3,(H,23,27)/b14-13+. The first-order valence-corrected chi connectivity index (χ1v) is 10.8. The summed E-state index contributed by atoms with van der Waals surface area (Å²) in [4.78, 5) is 12.5. The number of hydrogen-bond donors (Lipinski definition) is 1. The summed E-state index contributed by atoms with van der Waals surface area (Å²) in [5.74, 6) is -0.360. The molecule has 0 spiro atoms. The Labute approximate surface area is 176 Å². The van der Waals surface area contributed by atoms with Crippen LogP contribution in [0.5, 0.6) is 0 Å². The van der Waals surface area contributed by atoms with Crippen molar-refractivity contribution >= 4 is 27.7 Å². The van der Waals surface area contributed by atoms with Gasteiger partial charge >= 0.3 is 0 Å². The quantitative estimate of drug-likeness (QED) is 0.615. The first kappa shape index (κ1) is 21.5. The van der Waals surface area contributed by atoms with Crippen LogP contribution in [0.15, 0.2) is 65.6 Å². The van der Waals surface area contributed by atoms with E-state index in [0.717, 1.165) is 26.9 Å². The first-order valence-electron chi connectivity index (χ1n) is 9.33. The van der Waals surface area contributed by atoms with Crippen LogP contribution in [0.25, 0.3) is 11.8 Å². The lowest BCUT2D eigenvalue weighted by Crippen LogP contribution is -2.22. The van der Waals surface area contributed by atoms with Crippen LogP contribution in [-0.2, 0) is 14.8 Å². The van der Waals surface area contributed by atoms with Crippen molar-refractivity contribution in [3.8, 4) is 5.69 Å². The van der Waals surface area contributed by atoms with E-state index in [4.69, 9.17) is 0 Å². The summed E-state index contributed by atoms with van der Waals surface area (Å²) >= 11 is 0. The number of carbonyl (C=O) groups is 1. The van der Waals surface area contributed by atoms with Crippen LogP contribution in [0.2, 0.25) is 0 Å². The molecular formula is C22H24N4O3S. The number of sulfonamides is 1. The second kappa shape index (κ2) is 8.64. The van der Waals surface area contributed by atoms with Crippen molar-refractivity contribution in [1.29, 1.82) is 0 Å². The number of aromatic nitrogens is 2. The average Bonchev–Trinajstić information content (AvgIpc) is 3.00. The van der Waals surface area contributed by atoms with Gasteiger partial charge in [-0.3, -0.25) is 4.79 Å². The summed E-state index contributed by atoms with van der Waals surface area (Å²) in [6, 6.07) is 15.9. The summed E-state index contributed by atoms with van der Waals surface area (Å²) in [5, 5.41) is 7.26. The van der Waals surface area contributed by atoms with E-state index in [1.54, 1.807) is 18.2 Å². The van der Waals surface area contributed by atoms with Crippen molar-refractivity contribution in [2.75, 3.05) is 19.4 Å². The third kappa shape index (κ3) is 4.50. The fourth-order valence-electron chi connectivity index (χ4n) is 3.00. The molecule has 0 fully saturated rings. The molecule has 2 aromatic carbocycles. The van der Waals surface area contributed by atoms with E-state index >= 15 is 0 Å². The number of rotatable bonds is 6. The number of hydrogen-bond acceptors (Lipinski definition) is 4. The van der Waals surface area contributed by atoms with Gasteiger partial charge in [-0.1, -0.05) is 24.3 Å². The number of nitrogens with zero attached hydrogens (tertiary/aromatic N) is 3. The highest BCUT2D eigenvalue weighted by molar-refractivity contribution is 7.89. The number of para-hydroxylation sites is 1. The van der Waals surface area contributed by atoms with Gasteiger partial charge in [-0.2, -0.15) is 5.10 Å². The summed E-state index contributed by atoms with van der Waals surface area (Å²) < 4.78 is 27.5. The number of carbonyl (C=O) groups excluding carboxylic acids is 1. The zero-order valence-corrected chi connectivity index (χ0v) is 18.1. The van der Waals surface area contributed by atoms with E-state index < -0.39 is 10.0 Å². The van der Waals surface area contributed by atoms with E-state index in [1.807, 2.05) is 48.9 Å². The Balaban J connectivity index is 1.79. The Morgan fingerprint density at radius 1 is 1.07 bits per heavy atom. The second-order valence-corrected chi connectivity index (χ2v) is 9.12. The molecule has 1 aromatic heterocycles. The Morgan fingerprint density at radius 3 is 2.43 bits per heavy atom. The zero-order chi connectivity index (χ0) is 21.9. The fraction of sp³-hybridized carbons (Fsp3) is 0.182. The minimum atomic E-state index is -3.57. The van der Waals surface area contributed by atoms with E-state index in [2.05, 4.69) is 10.4 Å². The molecule has 0 aliphatic carbocycles. The molecule has 0 aliphatic heterocycles. The predicted octanol–water partition coefficient (Wildman–Crippen LogP) is 3.39. The number of aryl methyl sites for hydroxylation is 1. The summed E-state index contributed by atoms with van der Waals surface area (Å²) in [7, 11) is -0.649. The SMILES string of the molecule is Cc1nn(-c2ccccc2)c(C)c1/C=C/C(=O)Nc1cccc(S(=O)(=O)N(C)C)c1. The highest BCUT2D eigenvalue weighted by Gasteiger charge is 2.17. The molecule has 1 N–H and O–H groups in total. The van der Waals surface area contributed by atoms with Gasteiger partial charge in [-0.05, 0) is 50.3 Å². The van der Waals surface area contributed by atoms with E-state index in [0.29, 0.717) is 5.69 Å². The van der Waals surface area contributed by atoms with Crippen LogP contribution in [0.3, 0.4) is 0 Å². The van der Waals surface area contributed by atoms with Gasteiger partial charge in [0.05, 0.1) is 16.3 Å². The normalized spacial score (nSPS) is 11.9.